The van der Waals surface area contributed by atoms with Gasteiger partial charge in [-0.2, -0.15) is 4.31 Å². The summed E-state index contributed by atoms with van der Waals surface area (Å²) in [5.74, 6) is -0.757. The summed E-state index contributed by atoms with van der Waals surface area (Å²) in [5.41, 5.74) is 8.45. The van der Waals surface area contributed by atoms with Crippen LogP contribution in [-0.2, 0) is 32.5 Å². The fraction of sp³-hybridized carbons (Fsp3) is 0.462. The molecule has 6 nitrogen and oxygen atoms in total. The number of anilines is 1. The van der Waals surface area contributed by atoms with Gasteiger partial charge in [-0.1, -0.05) is 12.1 Å². The molecule has 0 unspecified atom stereocenters. The van der Waals surface area contributed by atoms with Crippen LogP contribution >= 0.6 is 0 Å². The Hall–Kier alpha value is -1.60. The second-order valence-corrected chi connectivity index (χ2v) is 6.80. The molecule has 0 amide bonds. The predicted octanol–water partition coefficient (Wildman–Crippen LogP) is 0.520. The zero-order valence-electron chi connectivity index (χ0n) is 11.3. The molecule has 0 radical (unpaired) electrons. The number of nitrogens with two attached hydrogens (primary N) is 1. The van der Waals surface area contributed by atoms with Gasteiger partial charge in [-0.15, -0.1) is 0 Å². The Kier molecular flexibility index (Phi) is 4.29. The van der Waals surface area contributed by atoms with Crippen molar-refractivity contribution >= 4 is 21.7 Å². The van der Waals surface area contributed by atoms with Gasteiger partial charge in [0, 0.05) is 18.8 Å². The third-order valence-corrected chi connectivity index (χ3v) is 5.28. The first-order valence-corrected chi connectivity index (χ1v) is 7.96. The molecule has 1 aliphatic heterocycles. The number of carbonyl (C=O) groups is 1. The second-order valence-electron chi connectivity index (χ2n) is 4.71. The Morgan fingerprint density at radius 3 is 2.90 bits per heavy atom. The van der Waals surface area contributed by atoms with Crippen LogP contribution in [0.3, 0.4) is 0 Å². The normalized spacial score (nSPS) is 15.7. The van der Waals surface area contributed by atoms with E-state index in [-0.39, 0.29) is 18.7 Å². The molecule has 2 rings (SSSR count). The molecule has 0 aromatic heterocycles. The number of carbonyl (C=O) groups excluding carboxylic acids is 1. The summed E-state index contributed by atoms with van der Waals surface area (Å²) in [6, 6.07) is 5.60. The van der Waals surface area contributed by atoms with Crippen molar-refractivity contribution < 1.29 is 17.9 Å². The lowest BCUT2D eigenvalue weighted by molar-refractivity contribution is -0.140. The number of hydrogen-bond donors (Lipinski definition) is 1. The van der Waals surface area contributed by atoms with E-state index < -0.39 is 16.0 Å². The summed E-state index contributed by atoms with van der Waals surface area (Å²) in [6.45, 7) is 0.686. The fourth-order valence-corrected chi connectivity index (χ4v) is 3.64. The molecule has 1 aromatic carbocycles. The molecule has 20 heavy (non-hydrogen) atoms. The molecule has 0 atom stereocenters. The minimum Gasteiger partial charge on any atom is -0.469 e. The first-order chi connectivity index (χ1) is 9.44. The number of nitrogens with zero attached hydrogens (tertiary/aromatic N) is 1. The quantitative estimate of drug-likeness (QED) is 0.646. The first-order valence-electron chi connectivity index (χ1n) is 6.35. The summed E-state index contributed by atoms with van der Waals surface area (Å²) in [5, 5.41) is 0. The molecule has 1 heterocycles. The van der Waals surface area contributed by atoms with Gasteiger partial charge in [0.05, 0.1) is 19.3 Å². The average Bonchev–Trinajstić information content (AvgIpc) is 2.45. The maximum Gasteiger partial charge on any atom is 0.306 e. The molecule has 1 aromatic rings. The standard InChI is InChI=1S/C13H18N2O4S/c1-19-13(16)6-8-20(17,18)15-7-5-10-3-2-4-12(14)11(10)9-15/h2-4H,5-9,14H2,1H3. The lowest BCUT2D eigenvalue weighted by Gasteiger charge is -2.28. The number of benzene rings is 1. The highest BCUT2D eigenvalue weighted by molar-refractivity contribution is 7.89. The van der Waals surface area contributed by atoms with E-state index in [1.165, 1.54) is 11.4 Å². The van der Waals surface area contributed by atoms with E-state index >= 15 is 0 Å². The fourth-order valence-electron chi connectivity index (χ4n) is 2.26. The van der Waals surface area contributed by atoms with Crippen LogP contribution in [0.5, 0.6) is 0 Å². The first kappa shape index (κ1) is 14.8. The molecule has 0 aliphatic carbocycles. The predicted molar refractivity (Wildman–Crippen MR) is 75.4 cm³/mol. The number of hydrogen-bond acceptors (Lipinski definition) is 5. The van der Waals surface area contributed by atoms with Crippen LogP contribution in [-0.4, -0.2) is 38.1 Å². The molecular formula is C13H18N2O4S. The van der Waals surface area contributed by atoms with Crippen molar-refractivity contribution in [3.63, 3.8) is 0 Å². The Morgan fingerprint density at radius 2 is 2.20 bits per heavy atom. The minimum atomic E-state index is -3.47. The van der Waals surface area contributed by atoms with Gasteiger partial charge in [0.2, 0.25) is 10.0 Å². The number of fused-ring (bicyclic) bond motifs is 1. The topological polar surface area (TPSA) is 89.7 Å². The largest absolute Gasteiger partial charge is 0.469 e. The van der Waals surface area contributed by atoms with Crippen LogP contribution in [0.4, 0.5) is 5.69 Å². The SMILES string of the molecule is COC(=O)CCS(=O)(=O)N1CCc2cccc(N)c2C1. The van der Waals surface area contributed by atoms with Crippen molar-refractivity contribution in [2.75, 3.05) is 25.1 Å². The van der Waals surface area contributed by atoms with E-state index in [4.69, 9.17) is 5.73 Å². The molecule has 0 spiro atoms. The highest BCUT2D eigenvalue weighted by atomic mass is 32.2. The molecule has 0 fully saturated rings. The van der Waals surface area contributed by atoms with E-state index in [1.54, 1.807) is 6.07 Å². The molecule has 7 heteroatoms. The molecule has 0 bridgehead atoms. The number of rotatable bonds is 4. The minimum absolute atomic E-state index is 0.132. The van der Waals surface area contributed by atoms with Crippen LogP contribution < -0.4 is 5.73 Å². The highest BCUT2D eigenvalue weighted by Crippen LogP contribution is 2.26. The van der Waals surface area contributed by atoms with E-state index in [9.17, 15) is 13.2 Å². The van der Waals surface area contributed by atoms with E-state index in [2.05, 4.69) is 4.74 Å². The van der Waals surface area contributed by atoms with Crippen LogP contribution in [0.25, 0.3) is 0 Å². The van der Waals surface area contributed by atoms with Gasteiger partial charge in [-0.05, 0) is 23.6 Å². The number of sulfonamides is 1. The Morgan fingerprint density at radius 1 is 1.45 bits per heavy atom. The third kappa shape index (κ3) is 3.10. The molecular weight excluding hydrogens is 280 g/mol. The molecule has 0 saturated carbocycles. The summed E-state index contributed by atoms with van der Waals surface area (Å²) in [4.78, 5) is 11.1. The van der Waals surface area contributed by atoms with Gasteiger partial charge in [-0.3, -0.25) is 4.79 Å². The van der Waals surface area contributed by atoms with Crippen LogP contribution in [0.2, 0.25) is 0 Å². The molecule has 110 valence electrons. The van der Waals surface area contributed by atoms with Gasteiger partial charge in [0.25, 0.3) is 0 Å². The van der Waals surface area contributed by atoms with Gasteiger partial charge in [0.1, 0.15) is 0 Å². The lowest BCUT2D eigenvalue weighted by atomic mass is 10.00. The Balaban J connectivity index is 2.12. The smallest absolute Gasteiger partial charge is 0.306 e. The Bertz CT molecular complexity index is 613. The number of esters is 1. The average molecular weight is 298 g/mol. The zero-order chi connectivity index (χ0) is 14.8. The number of nitrogen functional groups attached to an aromatic ring is 1. The van der Waals surface area contributed by atoms with Crippen LogP contribution in [0.1, 0.15) is 17.5 Å². The van der Waals surface area contributed by atoms with Gasteiger partial charge >= 0.3 is 5.97 Å². The number of methoxy groups -OCH3 is 1. The molecule has 0 saturated heterocycles. The zero-order valence-corrected chi connectivity index (χ0v) is 12.1. The van der Waals surface area contributed by atoms with Gasteiger partial charge in [0.15, 0.2) is 0 Å². The number of ether oxygens (including phenoxy) is 1. The van der Waals surface area contributed by atoms with Crippen molar-refractivity contribution in [3.8, 4) is 0 Å². The van der Waals surface area contributed by atoms with Gasteiger partial charge in [-0.25, -0.2) is 8.42 Å². The van der Waals surface area contributed by atoms with Gasteiger partial charge < -0.3 is 10.5 Å². The maximum absolute atomic E-state index is 12.2. The van der Waals surface area contributed by atoms with Crippen molar-refractivity contribution in [3.05, 3.63) is 29.3 Å². The monoisotopic (exact) mass is 298 g/mol. The van der Waals surface area contributed by atoms with Crippen molar-refractivity contribution in [2.45, 2.75) is 19.4 Å². The third-order valence-electron chi connectivity index (χ3n) is 3.46. The summed E-state index contributed by atoms with van der Waals surface area (Å²) < 4.78 is 30.3. The molecule has 1 aliphatic rings. The maximum atomic E-state index is 12.2. The van der Waals surface area contributed by atoms with Crippen LogP contribution in [0, 0.1) is 0 Å². The summed E-state index contributed by atoms with van der Waals surface area (Å²) in [6.07, 6.45) is 0.504. The lowest BCUT2D eigenvalue weighted by Crippen LogP contribution is -2.38. The van der Waals surface area contributed by atoms with E-state index in [1.807, 2.05) is 12.1 Å². The highest BCUT2D eigenvalue weighted by Gasteiger charge is 2.28. The molecule has 2 N–H and O–H groups in total. The summed E-state index contributed by atoms with van der Waals surface area (Å²) >= 11 is 0. The van der Waals surface area contributed by atoms with Crippen molar-refractivity contribution in [1.29, 1.82) is 0 Å². The van der Waals surface area contributed by atoms with Crippen LogP contribution in [0.15, 0.2) is 18.2 Å². The second kappa shape index (κ2) is 5.80. The van der Waals surface area contributed by atoms with Crippen molar-refractivity contribution in [2.24, 2.45) is 0 Å². The van der Waals surface area contributed by atoms with E-state index in [0.29, 0.717) is 18.7 Å². The van der Waals surface area contributed by atoms with E-state index in [0.717, 1.165) is 11.1 Å². The Labute approximate surface area is 118 Å². The summed E-state index contributed by atoms with van der Waals surface area (Å²) in [7, 11) is -2.23. The van der Waals surface area contributed by atoms with Crippen molar-refractivity contribution in [1.82, 2.24) is 4.31 Å².